The number of rotatable bonds is 3. The minimum atomic E-state index is 0.545. The molecule has 0 saturated heterocycles. The first-order valence-electron chi connectivity index (χ1n) is 4.00. The topological polar surface area (TPSA) is 38.9 Å². The Morgan fingerprint density at radius 3 is 2.67 bits per heavy atom. The molecule has 0 bridgehead atoms. The average molecular weight is 249 g/mol. The van der Waals surface area contributed by atoms with Crippen LogP contribution in [0.3, 0.4) is 0 Å². The van der Waals surface area contributed by atoms with Crippen LogP contribution in [0, 0.1) is 0 Å². The molecule has 0 amide bonds. The van der Waals surface area contributed by atoms with Gasteiger partial charge in [0.05, 0.1) is 5.01 Å². The largest absolute Gasteiger partial charge is 0.330 e. The van der Waals surface area contributed by atoms with Crippen molar-refractivity contribution >= 4 is 27.3 Å². The predicted molar refractivity (Wildman–Crippen MR) is 56.7 cm³/mol. The van der Waals surface area contributed by atoms with Crippen molar-refractivity contribution in [3.8, 4) is 0 Å². The molecule has 1 aromatic rings. The van der Waals surface area contributed by atoms with E-state index in [2.05, 4.69) is 34.8 Å². The third-order valence-electron chi connectivity index (χ3n) is 1.54. The van der Waals surface area contributed by atoms with Crippen LogP contribution < -0.4 is 5.73 Å². The number of thiazole rings is 1. The first kappa shape index (κ1) is 10.2. The summed E-state index contributed by atoms with van der Waals surface area (Å²) >= 11 is 5.20. The van der Waals surface area contributed by atoms with E-state index in [1.807, 2.05) is 0 Å². The third-order valence-corrected chi connectivity index (χ3v) is 3.82. The highest BCUT2D eigenvalue weighted by molar-refractivity contribution is 9.10. The summed E-state index contributed by atoms with van der Waals surface area (Å²) in [6.07, 6.45) is 0.885. The second kappa shape index (κ2) is 4.35. The normalized spacial score (nSPS) is 11.1. The lowest BCUT2D eigenvalue weighted by molar-refractivity contribution is 0.876. The summed E-state index contributed by atoms with van der Waals surface area (Å²) in [7, 11) is 0. The van der Waals surface area contributed by atoms with Crippen molar-refractivity contribution in [1.82, 2.24) is 4.98 Å². The SMILES string of the molecule is CC(C)c1sc(CCN)nc1Br. The maximum atomic E-state index is 5.45. The molecule has 2 N–H and O–H groups in total. The van der Waals surface area contributed by atoms with Crippen LogP contribution in [0.15, 0.2) is 4.60 Å². The van der Waals surface area contributed by atoms with E-state index < -0.39 is 0 Å². The van der Waals surface area contributed by atoms with Gasteiger partial charge in [0.1, 0.15) is 4.60 Å². The minimum absolute atomic E-state index is 0.545. The van der Waals surface area contributed by atoms with Gasteiger partial charge in [0, 0.05) is 11.3 Å². The van der Waals surface area contributed by atoms with Crippen LogP contribution >= 0.6 is 27.3 Å². The van der Waals surface area contributed by atoms with Crippen molar-refractivity contribution in [3.63, 3.8) is 0 Å². The molecule has 0 aliphatic carbocycles. The van der Waals surface area contributed by atoms with Gasteiger partial charge in [-0.3, -0.25) is 0 Å². The molecular formula is C8H13BrN2S. The molecule has 0 saturated carbocycles. The summed E-state index contributed by atoms with van der Waals surface area (Å²) in [6, 6.07) is 0. The van der Waals surface area contributed by atoms with Gasteiger partial charge in [0.2, 0.25) is 0 Å². The molecule has 68 valence electrons. The fraction of sp³-hybridized carbons (Fsp3) is 0.625. The number of halogens is 1. The summed E-state index contributed by atoms with van der Waals surface area (Å²) in [5, 5.41) is 1.13. The maximum Gasteiger partial charge on any atom is 0.120 e. The second-order valence-corrected chi connectivity index (χ2v) is 4.82. The summed E-state index contributed by atoms with van der Waals surface area (Å²) < 4.78 is 0.992. The van der Waals surface area contributed by atoms with Crippen LogP contribution in [0.1, 0.15) is 29.7 Å². The second-order valence-electron chi connectivity index (χ2n) is 2.96. The molecule has 1 rings (SSSR count). The first-order valence-corrected chi connectivity index (χ1v) is 5.61. The molecule has 0 aromatic carbocycles. The van der Waals surface area contributed by atoms with Crippen LogP contribution in [0.2, 0.25) is 0 Å². The molecule has 0 spiro atoms. The fourth-order valence-corrected chi connectivity index (χ4v) is 2.95. The van der Waals surface area contributed by atoms with Gasteiger partial charge in [-0.05, 0) is 28.4 Å². The average Bonchev–Trinajstić information content (AvgIpc) is 2.32. The molecule has 4 heteroatoms. The van der Waals surface area contributed by atoms with E-state index in [0.29, 0.717) is 12.5 Å². The summed E-state index contributed by atoms with van der Waals surface area (Å²) in [5.41, 5.74) is 5.45. The van der Waals surface area contributed by atoms with E-state index in [1.54, 1.807) is 11.3 Å². The molecule has 1 aromatic heterocycles. The summed E-state index contributed by atoms with van der Waals surface area (Å²) in [6.45, 7) is 5.02. The van der Waals surface area contributed by atoms with E-state index in [1.165, 1.54) is 4.88 Å². The number of nitrogens with two attached hydrogens (primary N) is 1. The van der Waals surface area contributed by atoms with Crippen molar-refractivity contribution in [1.29, 1.82) is 0 Å². The highest BCUT2D eigenvalue weighted by Gasteiger charge is 2.10. The van der Waals surface area contributed by atoms with Crippen LogP contribution in [-0.2, 0) is 6.42 Å². The Labute approximate surface area is 85.3 Å². The third kappa shape index (κ3) is 2.28. The first-order chi connectivity index (χ1) is 5.65. The smallest absolute Gasteiger partial charge is 0.120 e. The maximum absolute atomic E-state index is 5.45. The van der Waals surface area contributed by atoms with E-state index in [9.17, 15) is 0 Å². The van der Waals surface area contributed by atoms with E-state index in [0.717, 1.165) is 16.0 Å². The highest BCUT2D eigenvalue weighted by atomic mass is 79.9. The Balaban J connectivity index is 2.85. The number of nitrogens with zero attached hydrogens (tertiary/aromatic N) is 1. The molecule has 1 heterocycles. The standard InChI is InChI=1S/C8H13BrN2S/c1-5(2)7-8(9)11-6(12-7)3-4-10/h5H,3-4,10H2,1-2H3. The predicted octanol–water partition coefficient (Wildman–Crippen LogP) is 2.53. The Bertz CT molecular complexity index is 258. The van der Waals surface area contributed by atoms with E-state index in [4.69, 9.17) is 5.73 Å². The van der Waals surface area contributed by atoms with Crippen LogP contribution in [0.5, 0.6) is 0 Å². The van der Waals surface area contributed by atoms with Gasteiger partial charge in [-0.15, -0.1) is 11.3 Å². The lowest BCUT2D eigenvalue weighted by atomic mass is 10.2. The fourth-order valence-electron chi connectivity index (χ4n) is 0.943. The van der Waals surface area contributed by atoms with Gasteiger partial charge < -0.3 is 5.73 Å². The zero-order valence-corrected chi connectivity index (χ0v) is 9.70. The molecule has 0 radical (unpaired) electrons. The quantitative estimate of drug-likeness (QED) is 0.894. The molecular weight excluding hydrogens is 236 g/mol. The lowest BCUT2D eigenvalue weighted by Crippen LogP contribution is -2.01. The van der Waals surface area contributed by atoms with Gasteiger partial charge in [0.25, 0.3) is 0 Å². The van der Waals surface area contributed by atoms with Gasteiger partial charge in [-0.25, -0.2) is 4.98 Å². The van der Waals surface area contributed by atoms with E-state index in [-0.39, 0.29) is 0 Å². The zero-order chi connectivity index (χ0) is 9.14. The molecule has 12 heavy (non-hydrogen) atoms. The molecule has 0 aliphatic rings. The van der Waals surface area contributed by atoms with Crippen molar-refractivity contribution in [2.75, 3.05) is 6.54 Å². The van der Waals surface area contributed by atoms with Crippen molar-refractivity contribution in [2.24, 2.45) is 5.73 Å². The van der Waals surface area contributed by atoms with Crippen molar-refractivity contribution in [2.45, 2.75) is 26.2 Å². The van der Waals surface area contributed by atoms with Crippen molar-refractivity contribution < 1.29 is 0 Å². The number of hydrogen-bond donors (Lipinski definition) is 1. The van der Waals surface area contributed by atoms with Crippen molar-refractivity contribution in [3.05, 3.63) is 14.5 Å². The Kier molecular flexibility index (Phi) is 3.68. The molecule has 2 nitrogen and oxygen atoms in total. The van der Waals surface area contributed by atoms with E-state index >= 15 is 0 Å². The van der Waals surface area contributed by atoms with Crippen LogP contribution in [0.25, 0.3) is 0 Å². The van der Waals surface area contributed by atoms with Crippen LogP contribution in [0.4, 0.5) is 0 Å². The number of hydrogen-bond acceptors (Lipinski definition) is 3. The Hall–Kier alpha value is 0.0700. The van der Waals surface area contributed by atoms with Gasteiger partial charge >= 0.3 is 0 Å². The summed E-state index contributed by atoms with van der Waals surface area (Å²) in [4.78, 5) is 5.69. The Morgan fingerprint density at radius 2 is 2.25 bits per heavy atom. The molecule has 0 aliphatic heterocycles. The lowest BCUT2D eigenvalue weighted by Gasteiger charge is -1.98. The minimum Gasteiger partial charge on any atom is -0.330 e. The molecule has 0 unspecified atom stereocenters. The molecule has 0 atom stereocenters. The monoisotopic (exact) mass is 248 g/mol. The van der Waals surface area contributed by atoms with Gasteiger partial charge in [0.15, 0.2) is 0 Å². The number of aromatic nitrogens is 1. The highest BCUT2D eigenvalue weighted by Crippen LogP contribution is 2.30. The van der Waals surface area contributed by atoms with Gasteiger partial charge in [-0.1, -0.05) is 13.8 Å². The summed E-state index contributed by atoms with van der Waals surface area (Å²) in [5.74, 6) is 0.545. The zero-order valence-electron chi connectivity index (χ0n) is 7.30. The Morgan fingerprint density at radius 1 is 1.58 bits per heavy atom. The van der Waals surface area contributed by atoms with Crippen LogP contribution in [-0.4, -0.2) is 11.5 Å². The van der Waals surface area contributed by atoms with Gasteiger partial charge in [-0.2, -0.15) is 0 Å². The molecule has 0 fully saturated rings.